The van der Waals surface area contributed by atoms with Gasteiger partial charge in [0.25, 0.3) is 5.91 Å². The molecule has 2 amide bonds. The molecule has 1 aliphatic heterocycles. The van der Waals surface area contributed by atoms with Crippen LogP contribution in [0.5, 0.6) is 0 Å². The quantitative estimate of drug-likeness (QED) is 0.624. The number of carbonyl (C=O) groups excluding carboxylic acids is 2. The molecule has 3 heterocycles. The van der Waals surface area contributed by atoms with Gasteiger partial charge in [-0.2, -0.15) is 0 Å². The van der Waals surface area contributed by atoms with Crippen LogP contribution in [0.15, 0.2) is 40.8 Å². The number of halogens is 1. The molecule has 0 bridgehead atoms. The highest BCUT2D eigenvalue weighted by Crippen LogP contribution is 2.26. The Labute approximate surface area is 179 Å². The van der Waals surface area contributed by atoms with Gasteiger partial charge in [-0.05, 0) is 31.5 Å². The van der Waals surface area contributed by atoms with Gasteiger partial charge < -0.3 is 23.5 Å². The Morgan fingerprint density at radius 2 is 1.83 bits per heavy atom. The van der Waals surface area contributed by atoms with Crippen LogP contribution in [0.3, 0.4) is 0 Å². The molecule has 8 heteroatoms. The number of fused-ring (bicyclic) bond motifs is 1. The number of hydrogen-bond donors (Lipinski definition) is 0. The highest BCUT2D eigenvalue weighted by Gasteiger charge is 2.28. The molecule has 1 aromatic carbocycles. The second-order valence-corrected chi connectivity index (χ2v) is 7.77. The molecule has 2 aromatic heterocycles. The van der Waals surface area contributed by atoms with Crippen molar-refractivity contribution in [3.05, 3.63) is 58.4 Å². The Bertz CT molecular complexity index is 1080. The molecule has 0 N–H and O–H groups in total. The van der Waals surface area contributed by atoms with Crippen molar-refractivity contribution >= 4 is 34.7 Å². The topological polar surface area (TPSA) is 67.9 Å². The lowest BCUT2D eigenvalue weighted by Gasteiger charge is -2.34. The van der Waals surface area contributed by atoms with E-state index < -0.39 is 0 Å². The summed E-state index contributed by atoms with van der Waals surface area (Å²) in [5.41, 5.74) is 3.12. The normalized spacial score (nSPS) is 14.4. The second-order valence-electron chi connectivity index (χ2n) is 7.33. The van der Waals surface area contributed by atoms with Gasteiger partial charge in [-0.15, -0.1) is 0 Å². The van der Waals surface area contributed by atoms with Gasteiger partial charge in [0.1, 0.15) is 11.5 Å². The van der Waals surface area contributed by atoms with Crippen LogP contribution in [0.25, 0.3) is 11.1 Å². The van der Waals surface area contributed by atoms with E-state index >= 15 is 0 Å². The largest absolute Gasteiger partial charge is 0.460 e. The third-order valence-corrected chi connectivity index (χ3v) is 5.49. The molecule has 0 atom stereocenters. The summed E-state index contributed by atoms with van der Waals surface area (Å²) in [7, 11) is 0. The van der Waals surface area contributed by atoms with Crippen molar-refractivity contribution in [2.45, 2.75) is 20.4 Å². The summed E-state index contributed by atoms with van der Waals surface area (Å²) in [6, 6.07) is 11.3. The number of nitrogens with zero attached hydrogens (tertiary/aromatic N) is 3. The van der Waals surface area contributed by atoms with Crippen LogP contribution >= 0.6 is 11.6 Å². The Kier molecular flexibility index (Phi) is 5.72. The van der Waals surface area contributed by atoms with E-state index in [0.29, 0.717) is 55.6 Å². The first-order chi connectivity index (χ1) is 14.5. The van der Waals surface area contributed by atoms with Crippen LogP contribution in [0.1, 0.15) is 28.7 Å². The number of benzene rings is 1. The van der Waals surface area contributed by atoms with Gasteiger partial charge in [0, 0.05) is 49.9 Å². The fraction of sp³-hybridized carbons (Fsp3) is 0.364. The highest BCUT2D eigenvalue weighted by atomic mass is 35.5. The highest BCUT2D eigenvalue weighted by molar-refractivity contribution is 6.30. The molecule has 158 valence electrons. The number of carbonyl (C=O) groups is 2. The number of aryl methyl sites for hydroxylation is 1. The lowest BCUT2D eigenvalue weighted by atomic mass is 10.2. The molecule has 7 nitrogen and oxygen atoms in total. The van der Waals surface area contributed by atoms with Crippen molar-refractivity contribution in [1.82, 2.24) is 14.4 Å². The number of amides is 2. The van der Waals surface area contributed by atoms with Crippen LogP contribution in [-0.4, -0.2) is 59.2 Å². The maximum atomic E-state index is 13.3. The van der Waals surface area contributed by atoms with E-state index in [9.17, 15) is 9.59 Å². The van der Waals surface area contributed by atoms with E-state index in [4.69, 9.17) is 20.8 Å². The molecule has 1 aliphatic rings. The summed E-state index contributed by atoms with van der Waals surface area (Å²) in [5.74, 6) is 0.714. The first kappa shape index (κ1) is 20.3. The molecular weight excluding hydrogens is 406 g/mol. The number of aromatic nitrogens is 1. The summed E-state index contributed by atoms with van der Waals surface area (Å²) in [6.07, 6.45) is -0.332. The zero-order valence-electron chi connectivity index (χ0n) is 17.1. The molecule has 0 saturated carbocycles. The maximum absolute atomic E-state index is 13.3. The van der Waals surface area contributed by atoms with Crippen molar-refractivity contribution in [3.63, 3.8) is 0 Å². The third-order valence-electron chi connectivity index (χ3n) is 5.25. The van der Waals surface area contributed by atoms with E-state index in [-0.39, 0.29) is 12.0 Å². The van der Waals surface area contributed by atoms with Crippen molar-refractivity contribution in [2.24, 2.45) is 0 Å². The molecular formula is C22H24ClN3O4. The minimum atomic E-state index is -0.332. The molecule has 3 aromatic rings. The molecule has 4 rings (SSSR count). The molecule has 30 heavy (non-hydrogen) atoms. The van der Waals surface area contributed by atoms with E-state index in [1.54, 1.807) is 22.8 Å². The summed E-state index contributed by atoms with van der Waals surface area (Å²) in [5, 5.41) is 0.655. The number of hydrogen-bond acceptors (Lipinski definition) is 4. The zero-order chi connectivity index (χ0) is 21.3. The van der Waals surface area contributed by atoms with Crippen LogP contribution in [0.2, 0.25) is 5.02 Å². The predicted octanol–water partition coefficient (Wildman–Crippen LogP) is 4.16. The first-order valence-corrected chi connectivity index (χ1v) is 10.4. The van der Waals surface area contributed by atoms with Gasteiger partial charge in [0.05, 0.1) is 12.1 Å². The number of rotatable bonds is 4. The lowest BCUT2D eigenvalue weighted by molar-refractivity contribution is 0.0563. The van der Waals surface area contributed by atoms with Crippen molar-refractivity contribution < 1.29 is 18.7 Å². The zero-order valence-corrected chi connectivity index (χ0v) is 17.8. The van der Waals surface area contributed by atoms with E-state index in [0.717, 1.165) is 16.8 Å². The smallest absolute Gasteiger partial charge is 0.409 e. The number of furan rings is 1. The van der Waals surface area contributed by atoms with Gasteiger partial charge in [-0.1, -0.05) is 23.7 Å². The first-order valence-electron chi connectivity index (χ1n) is 10.0. The summed E-state index contributed by atoms with van der Waals surface area (Å²) >= 11 is 6.15. The molecule has 0 spiro atoms. The molecule has 1 saturated heterocycles. The Balaban J connectivity index is 1.58. The van der Waals surface area contributed by atoms with E-state index in [2.05, 4.69) is 0 Å². The Morgan fingerprint density at radius 3 is 2.53 bits per heavy atom. The van der Waals surface area contributed by atoms with Crippen molar-refractivity contribution in [2.75, 3.05) is 32.8 Å². The lowest BCUT2D eigenvalue weighted by Crippen LogP contribution is -2.51. The van der Waals surface area contributed by atoms with E-state index in [1.165, 1.54) is 0 Å². The fourth-order valence-corrected chi connectivity index (χ4v) is 4.01. The number of ether oxygens (including phenoxy) is 1. The Morgan fingerprint density at radius 1 is 1.10 bits per heavy atom. The standard InChI is InChI=1S/C22H24ClN3O4/c1-3-29-22(28)25-9-7-24(8-10-25)21(27)19-13-20-18(11-15(2)30-20)26(19)14-16-5-4-6-17(23)12-16/h4-6,11-13H,3,7-10,14H2,1-2H3. The second kappa shape index (κ2) is 8.44. The van der Waals surface area contributed by atoms with Gasteiger partial charge in [-0.3, -0.25) is 4.79 Å². The van der Waals surface area contributed by atoms with Crippen LogP contribution in [-0.2, 0) is 11.3 Å². The van der Waals surface area contributed by atoms with E-state index in [1.807, 2.05) is 41.8 Å². The number of piperazine rings is 1. The fourth-order valence-electron chi connectivity index (χ4n) is 3.80. The minimum absolute atomic E-state index is 0.0791. The SMILES string of the molecule is CCOC(=O)N1CCN(C(=O)c2cc3oc(C)cc3n2Cc2cccc(Cl)c2)CC1. The maximum Gasteiger partial charge on any atom is 0.409 e. The average molecular weight is 430 g/mol. The van der Waals surface area contributed by atoms with Crippen molar-refractivity contribution in [3.8, 4) is 0 Å². The summed E-state index contributed by atoms with van der Waals surface area (Å²) in [4.78, 5) is 28.7. The minimum Gasteiger partial charge on any atom is -0.460 e. The summed E-state index contributed by atoms with van der Waals surface area (Å²) < 4.78 is 12.8. The monoisotopic (exact) mass is 429 g/mol. The third kappa shape index (κ3) is 4.03. The Hall–Kier alpha value is -2.93. The summed E-state index contributed by atoms with van der Waals surface area (Å²) in [6.45, 7) is 6.34. The van der Waals surface area contributed by atoms with Gasteiger partial charge >= 0.3 is 6.09 Å². The van der Waals surface area contributed by atoms with Crippen LogP contribution < -0.4 is 0 Å². The molecule has 0 aliphatic carbocycles. The predicted molar refractivity (Wildman–Crippen MR) is 114 cm³/mol. The molecule has 1 fully saturated rings. The van der Waals surface area contributed by atoms with Crippen LogP contribution in [0.4, 0.5) is 4.79 Å². The molecule has 0 radical (unpaired) electrons. The van der Waals surface area contributed by atoms with Gasteiger partial charge in [-0.25, -0.2) is 4.79 Å². The average Bonchev–Trinajstić information content (AvgIpc) is 3.25. The van der Waals surface area contributed by atoms with Crippen LogP contribution in [0, 0.1) is 6.92 Å². The van der Waals surface area contributed by atoms with Gasteiger partial charge in [0.15, 0.2) is 5.58 Å². The molecule has 0 unspecified atom stereocenters. The van der Waals surface area contributed by atoms with Crippen molar-refractivity contribution in [1.29, 1.82) is 0 Å². The van der Waals surface area contributed by atoms with Gasteiger partial charge in [0.2, 0.25) is 0 Å².